The molecule has 0 amide bonds. The molecule has 0 aliphatic rings. The summed E-state index contributed by atoms with van der Waals surface area (Å²) >= 11 is 0. The maximum Gasteiger partial charge on any atom is 0.191 e. The summed E-state index contributed by atoms with van der Waals surface area (Å²) in [4.78, 5) is 4.25. The Balaban J connectivity index is 1.79. The van der Waals surface area contributed by atoms with Gasteiger partial charge in [-0.3, -0.25) is 4.99 Å². The van der Waals surface area contributed by atoms with Gasteiger partial charge in [0.2, 0.25) is 0 Å². The Morgan fingerprint density at radius 1 is 1.20 bits per heavy atom. The van der Waals surface area contributed by atoms with Crippen molar-refractivity contribution in [1.82, 2.24) is 15.8 Å². The van der Waals surface area contributed by atoms with Crippen LogP contribution in [0.2, 0.25) is 0 Å². The number of nitrogens with zero attached hydrogens (tertiary/aromatic N) is 2. The Kier molecular flexibility index (Phi) is 7.32. The molecule has 0 fully saturated rings. The fourth-order valence-electron chi connectivity index (χ4n) is 2.58. The van der Waals surface area contributed by atoms with Crippen LogP contribution in [0.25, 0.3) is 0 Å². The van der Waals surface area contributed by atoms with Crippen molar-refractivity contribution >= 4 is 5.96 Å². The number of aliphatic imine (C=N–C) groups is 1. The SMILES string of the molecule is CCc1noc(CC)c1CNC(=NC)NCCOc1ccccc1C. The van der Waals surface area contributed by atoms with E-state index < -0.39 is 0 Å². The summed E-state index contributed by atoms with van der Waals surface area (Å²) in [5.41, 5.74) is 3.27. The van der Waals surface area contributed by atoms with E-state index in [9.17, 15) is 0 Å². The second-order valence-electron chi connectivity index (χ2n) is 5.70. The minimum absolute atomic E-state index is 0.569. The highest BCUT2D eigenvalue weighted by molar-refractivity contribution is 5.79. The zero-order chi connectivity index (χ0) is 18.1. The zero-order valence-corrected chi connectivity index (χ0v) is 15.6. The van der Waals surface area contributed by atoms with E-state index in [1.54, 1.807) is 7.05 Å². The van der Waals surface area contributed by atoms with Gasteiger partial charge < -0.3 is 19.9 Å². The number of hydrogen-bond donors (Lipinski definition) is 2. The summed E-state index contributed by atoms with van der Waals surface area (Å²) in [6.07, 6.45) is 1.69. The van der Waals surface area contributed by atoms with Crippen molar-refractivity contribution in [2.24, 2.45) is 4.99 Å². The molecule has 0 saturated heterocycles. The highest BCUT2D eigenvalue weighted by Crippen LogP contribution is 2.16. The molecular weight excluding hydrogens is 316 g/mol. The molecule has 0 aliphatic heterocycles. The minimum Gasteiger partial charge on any atom is -0.491 e. The molecule has 0 aliphatic carbocycles. The van der Waals surface area contributed by atoms with Gasteiger partial charge in [0.1, 0.15) is 18.1 Å². The fourth-order valence-corrected chi connectivity index (χ4v) is 2.58. The van der Waals surface area contributed by atoms with E-state index in [4.69, 9.17) is 9.26 Å². The molecule has 6 nitrogen and oxygen atoms in total. The molecule has 0 saturated carbocycles. The summed E-state index contributed by atoms with van der Waals surface area (Å²) in [7, 11) is 1.76. The van der Waals surface area contributed by atoms with Crippen molar-refractivity contribution in [1.29, 1.82) is 0 Å². The van der Waals surface area contributed by atoms with Gasteiger partial charge in [0.25, 0.3) is 0 Å². The molecule has 0 radical (unpaired) electrons. The Bertz CT molecular complexity index is 673. The van der Waals surface area contributed by atoms with Crippen LogP contribution in [-0.2, 0) is 19.4 Å². The van der Waals surface area contributed by atoms with Crippen LogP contribution in [-0.4, -0.2) is 31.3 Å². The molecular formula is C19H28N4O2. The van der Waals surface area contributed by atoms with E-state index in [-0.39, 0.29) is 0 Å². The smallest absolute Gasteiger partial charge is 0.191 e. The minimum atomic E-state index is 0.569. The molecule has 6 heteroatoms. The lowest BCUT2D eigenvalue weighted by atomic mass is 10.1. The van der Waals surface area contributed by atoms with Crippen LogP contribution in [0, 0.1) is 6.92 Å². The summed E-state index contributed by atoms with van der Waals surface area (Å²) in [6.45, 7) is 8.07. The van der Waals surface area contributed by atoms with Crippen LogP contribution in [0.5, 0.6) is 5.75 Å². The fraction of sp³-hybridized carbons (Fsp3) is 0.474. The van der Waals surface area contributed by atoms with Crippen LogP contribution in [0.3, 0.4) is 0 Å². The first-order chi connectivity index (χ1) is 12.2. The Morgan fingerprint density at radius 2 is 2.00 bits per heavy atom. The lowest BCUT2D eigenvalue weighted by Gasteiger charge is -2.13. The Morgan fingerprint density at radius 3 is 2.68 bits per heavy atom. The van der Waals surface area contributed by atoms with Crippen LogP contribution in [0.15, 0.2) is 33.8 Å². The number of benzene rings is 1. The first kappa shape index (κ1) is 18.8. The zero-order valence-electron chi connectivity index (χ0n) is 15.6. The molecule has 0 atom stereocenters. The maximum absolute atomic E-state index is 5.78. The lowest BCUT2D eigenvalue weighted by molar-refractivity contribution is 0.320. The third-order valence-electron chi connectivity index (χ3n) is 4.01. The summed E-state index contributed by atoms with van der Waals surface area (Å²) in [6, 6.07) is 8.00. The number of nitrogens with one attached hydrogen (secondary N) is 2. The van der Waals surface area contributed by atoms with Crippen molar-refractivity contribution in [2.75, 3.05) is 20.2 Å². The molecule has 2 N–H and O–H groups in total. The Hall–Kier alpha value is -2.50. The van der Waals surface area contributed by atoms with Crippen molar-refractivity contribution < 1.29 is 9.26 Å². The van der Waals surface area contributed by atoms with Crippen molar-refractivity contribution in [2.45, 2.75) is 40.2 Å². The van der Waals surface area contributed by atoms with Gasteiger partial charge in [0, 0.05) is 25.6 Å². The summed E-state index contributed by atoms with van der Waals surface area (Å²) in [5.74, 6) is 2.58. The number of aromatic nitrogens is 1. The van der Waals surface area contributed by atoms with Gasteiger partial charge in [-0.1, -0.05) is 37.2 Å². The van der Waals surface area contributed by atoms with Crippen LogP contribution in [0.1, 0.15) is 36.4 Å². The molecule has 0 spiro atoms. The largest absolute Gasteiger partial charge is 0.491 e. The highest BCUT2D eigenvalue weighted by atomic mass is 16.5. The van der Waals surface area contributed by atoms with Crippen LogP contribution in [0.4, 0.5) is 0 Å². The molecule has 2 aromatic rings. The third kappa shape index (κ3) is 5.24. The third-order valence-corrected chi connectivity index (χ3v) is 4.01. The number of aryl methyl sites for hydroxylation is 3. The monoisotopic (exact) mass is 344 g/mol. The second-order valence-corrected chi connectivity index (χ2v) is 5.70. The number of para-hydroxylation sites is 1. The lowest BCUT2D eigenvalue weighted by Crippen LogP contribution is -2.39. The van der Waals surface area contributed by atoms with Gasteiger partial charge in [0.05, 0.1) is 12.2 Å². The van der Waals surface area contributed by atoms with Crippen LogP contribution >= 0.6 is 0 Å². The normalized spacial score (nSPS) is 11.4. The average molecular weight is 344 g/mol. The van der Waals surface area contributed by atoms with E-state index in [1.807, 2.05) is 31.2 Å². The van der Waals surface area contributed by atoms with Crippen molar-refractivity contribution in [3.05, 3.63) is 46.8 Å². The predicted octanol–water partition coefficient (Wildman–Crippen LogP) is 2.85. The standard InChI is InChI=1S/C19H28N4O2/c1-5-16-15(17(6-2)25-23-16)13-22-19(20-4)21-11-12-24-18-10-8-7-9-14(18)3/h7-10H,5-6,11-13H2,1-4H3,(H2,20,21,22). The first-order valence-electron chi connectivity index (χ1n) is 8.78. The molecule has 2 rings (SSSR count). The number of guanidine groups is 1. The average Bonchev–Trinajstić information content (AvgIpc) is 3.04. The van der Waals surface area contributed by atoms with Gasteiger partial charge >= 0.3 is 0 Å². The summed E-state index contributed by atoms with van der Waals surface area (Å²) < 4.78 is 11.2. The predicted molar refractivity (Wildman–Crippen MR) is 100 cm³/mol. The highest BCUT2D eigenvalue weighted by Gasteiger charge is 2.13. The topological polar surface area (TPSA) is 71.7 Å². The van der Waals surface area contributed by atoms with Gasteiger partial charge in [-0.2, -0.15) is 0 Å². The first-order valence-corrected chi connectivity index (χ1v) is 8.78. The van der Waals surface area contributed by atoms with Gasteiger partial charge in [-0.05, 0) is 25.0 Å². The maximum atomic E-state index is 5.78. The van der Waals surface area contributed by atoms with Crippen molar-refractivity contribution in [3.63, 3.8) is 0 Å². The number of hydrogen-bond acceptors (Lipinski definition) is 4. The molecule has 1 heterocycles. The van der Waals surface area contributed by atoms with E-state index >= 15 is 0 Å². The van der Waals surface area contributed by atoms with E-state index in [2.05, 4.69) is 34.6 Å². The molecule has 25 heavy (non-hydrogen) atoms. The summed E-state index contributed by atoms with van der Waals surface area (Å²) in [5, 5.41) is 10.7. The van der Waals surface area contributed by atoms with Gasteiger partial charge in [0.15, 0.2) is 5.96 Å². The second kappa shape index (κ2) is 9.71. The van der Waals surface area contributed by atoms with Crippen molar-refractivity contribution in [3.8, 4) is 5.75 Å². The van der Waals surface area contributed by atoms with E-state index in [1.165, 1.54) is 0 Å². The molecule has 1 aromatic heterocycles. The molecule has 0 unspecified atom stereocenters. The number of ether oxygens (including phenoxy) is 1. The number of rotatable bonds is 8. The van der Waals surface area contributed by atoms with Gasteiger partial charge in [-0.25, -0.2) is 0 Å². The quantitative estimate of drug-likeness (QED) is 0.438. The van der Waals surface area contributed by atoms with Gasteiger partial charge in [-0.15, -0.1) is 0 Å². The molecule has 136 valence electrons. The van der Waals surface area contributed by atoms with E-state index in [0.29, 0.717) is 19.7 Å². The Labute approximate surface area is 149 Å². The molecule has 1 aromatic carbocycles. The van der Waals surface area contributed by atoms with E-state index in [0.717, 1.165) is 47.1 Å². The molecule has 0 bridgehead atoms. The van der Waals surface area contributed by atoms with Crippen LogP contribution < -0.4 is 15.4 Å².